The van der Waals surface area contributed by atoms with Crippen LogP contribution in [0.3, 0.4) is 0 Å². The minimum Gasteiger partial charge on any atom is -0.267 e. The number of hydrazone groups is 1. The van der Waals surface area contributed by atoms with Crippen LogP contribution in [0.15, 0.2) is 59.7 Å². The number of nitrogens with one attached hydrogen (secondary N) is 1. The molecule has 0 atom stereocenters. The SMILES string of the molecule is Cc1ccccc1C(=O)N/N=C(\c1ccccc1)C(C)C. The molecule has 2 rings (SSSR count). The van der Waals surface area contributed by atoms with Gasteiger partial charge in [-0.15, -0.1) is 0 Å². The Morgan fingerprint density at radius 2 is 1.62 bits per heavy atom. The van der Waals surface area contributed by atoms with Crippen LogP contribution in [0.25, 0.3) is 0 Å². The van der Waals surface area contributed by atoms with Gasteiger partial charge < -0.3 is 0 Å². The predicted molar refractivity (Wildman–Crippen MR) is 86.5 cm³/mol. The van der Waals surface area contributed by atoms with Gasteiger partial charge >= 0.3 is 0 Å². The Bertz CT molecular complexity index is 645. The molecule has 21 heavy (non-hydrogen) atoms. The summed E-state index contributed by atoms with van der Waals surface area (Å²) in [7, 11) is 0. The Hall–Kier alpha value is -2.42. The van der Waals surface area contributed by atoms with Gasteiger partial charge in [0.25, 0.3) is 5.91 Å². The van der Waals surface area contributed by atoms with E-state index in [1.165, 1.54) is 0 Å². The average Bonchev–Trinajstić information content (AvgIpc) is 2.48. The lowest BCUT2D eigenvalue weighted by atomic mass is 10.0. The topological polar surface area (TPSA) is 41.5 Å². The molecule has 0 unspecified atom stereocenters. The fraction of sp³-hybridized carbons (Fsp3) is 0.222. The minimum atomic E-state index is -0.179. The molecule has 1 amide bonds. The van der Waals surface area contributed by atoms with Gasteiger partial charge in [0, 0.05) is 5.56 Å². The number of benzene rings is 2. The van der Waals surface area contributed by atoms with Crippen molar-refractivity contribution in [2.45, 2.75) is 20.8 Å². The monoisotopic (exact) mass is 280 g/mol. The van der Waals surface area contributed by atoms with Crippen LogP contribution in [0.1, 0.15) is 35.3 Å². The Morgan fingerprint density at radius 1 is 1.00 bits per heavy atom. The van der Waals surface area contributed by atoms with Gasteiger partial charge in [0.15, 0.2) is 0 Å². The van der Waals surface area contributed by atoms with Crippen molar-refractivity contribution in [1.29, 1.82) is 0 Å². The zero-order valence-corrected chi connectivity index (χ0v) is 12.6. The second-order valence-corrected chi connectivity index (χ2v) is 5.27. The highest BCUT2D eigenvalue weighted by atomic mass is 16.2. The number of carbonyl (C=O) groups is 1. The zero-order chi connectivity index (χ0) is 15.2. The van der Waals surface area contributed by atoms with Crippen LogP contribution in [0, 0.1) is 12.8 Å². The zero-order valence-electron chi connectivity index (χ0n) is 12.6. The van der Waals surface area contributed by atoms with Gasteiger partial charge in [0.2, 0.25) is 0 Å². The fourth-order valence-electron chi connectivity index (χ4n) is 2.13. The highest BCUT2D eigenvalue weighted by Crippen LogP contribution is 2.10. The van der Waals surface area contributed by atoms with Crippen molar-refractivity contribution in [2.75, 3.05) is 0 Å². The number of nitrogens with zero attached hydrogens (tertiary/aromatic N) is 1. The van der Waals surface area contributed by atoms with Gasteiger partial charge in [0.1, 0.15) is 0 Å². The third kappa shape index (κ3) is 3.78. The van der Waals surface area contributed by atoms with Crippen LogP contribution in [0.2, 0.25) is 0 Å². The summed E-state index contributed by atoms with van der Waals surface area (Å²) in [5, 5.41) is 4.33. The van der Waals surface area contributed by atoms with Crippen LogP contribution in [0.5, 0.6) is 0 Å². The van der Waals surface area contributed by atoms with E-state index in [2.05, 4.69) is 24.4 Å². The molecule has 3 nitrogen and oxygen atoms in total. The van der Waals surface area contributed by atoms with Crippen molar-refractivity contribution >= 4 is 11.6 Å². The molecule has 0 saturated heterocycles. The smallest absolute Gasteiger partial charge is 0.267 e. The van der Waals surface area contributed by atoms with Gasteiger partial charge in [-0.1, -0.05) is 62.4 Å². The maximum absolute atomic E-state index is 12.2. The summed E-state index contributed by atoms with van der Waals surface area (Å²) >= 11 is 0. The van der Waals surface area contributed by atoms with Crippen molar-refractivity contribution in [3.63, 3.8) is 0 Å². The molecule has 0 heterocycles. The number of hydrogen-bond acceptors (Lipinski definition) is 2. The van der Waals surface area contributed by atoms with E-state index in [-0.39, 0.29) is 11.8 Å². The molecule has 0 aliphatic heterocycles. The Labute approximate surface area is 125 Å². The van der Waals surface area contributed by atoms with E-state index < -0.39 is 0 Å². The van der Waals surface area contributed by atoms with Gasteiger partial charge in [-0.05, 0) is 30.0 Å². The van der Waals surface area contributed by atoms with Crippen LogP contribution in [-0.2, 0) is 0 Å². The van der Waals surface area contributed by atoms with Gasteiger partial charge in [-0.2, -0.15) is 5.10 Å². The van der Waals surface area contributed by atoms with Gasteiger partial charge in [-0.3, -0.25) is 4.79 Å². The lowest BCUT2D eigenvalue weighted by molar-refractivity contribution is 0.0954. The lowest BCUT2D eigenvalue weighted by Crippen LogP contribution is -2.22. The highest BCUT2D eigenvalue weighted by Gasteiger charge is 2.11. The first-order valence-electron chi connectivity index (χ1n) is 7.08. The Balaban J connectivity index is 2.22. The molecule has 0 bridgehead atoms. The van der Waals surface area contributed by atoms with Gasteiger partial charge in [0.05, 0.1) is 5.71 Å². The van der Waals surface area contributed by atoms with Crippen LogP contribution in [0.4, 0.5) is 0 Å². The molecule has 108 valence electrons. The van der Waals surface area contributed by atoms with Crippen LogP contribution >= 0.6 is 0 Å². The summed E-state index contributed by atoms with van der Waals surface area (Å²) in [5.41, 5.74) is 6.16. The maximum Gasteiger partial charge on any atom is 0.271 e. The molecule has 0 radical (unpaired) electrons. The second kappa shape index (κ2) is 6.84. The number of carbonyl (C=O) groups excluding carboxylic acids is 1. The molecule has 3 heteroatoms. The molecule has 1 N–H and O–H groups in total. The van der Waals surface area contributed by atoms with E-state index in [4.69, 9.17) is 0 Å². The fourth-order valence-corrected chi connectivity index (χ4v) is 2.13. The number of aryl methyl sites for hydroxylation is 1. The third-order valence-electron chi connectivity index (χ3n) is 3.28. The summed E-state index contributed by atoms with van der Waals surface area (Å²) in [6, 6.07) is 17.4. The van der Waals surface area contributed by atoms with Gasteiger partial charge in [-0.25, -0.2) is 5.43 Å². The largest absolute Gasteiger partial charge is 0.271 e. The molecule has 2 aromatic carbocycles. The van der Waals surface area contributed by atoms with E-state index in [0.29, 0.717) is 5.56 Å². The van der Waals surface area contributed by atoms with Crippen molar-refractivity contribution in [3.8, 4) is 0 Å². The molecular formula is C18H20N2O. The molecule has 0 spiro atoms. The van der Waals surface area contributed by atoms with E-state index in [1.54, 1.807) is 6.07 Å². The molecule has 0 aliphatic rings. The summed E-state index contributed by atoms with van der Waals surface area (Å²) in [5.74, 6) is 0.0479. The molecule has 0 aliphatic carbocycles. The van der Waals surface area contributed by atoms with Crippen LogP contribution in [-0.4, -0.2) is 11.6 Å². The van der Waals surface area contributed by atoms with Crippen molar-refractivity contribution in [2.24, 2.45) is 11.0 Å². The maximum atomic E-state index is 12.2. The van der Waals surface area contributed by atoms with E-state index >= 15 is 0 Å². The van der Waals surface area contributed by atoms with Crippen molar-refractivity contribution in [3.05, 3.63) is 71.3 Å². The lowest BCUT2D eigenvalue weighted by Gasteiger charge is -2.11. The summed E-state index contributed by atoms with van der Waals surface area (Å²) < 4.78 is 0. The Kier molecular flexibility index (Phi) is 4.88. The number of amides is 1. The quantitative estimate of drug-likeness (QED) is 0.672. The molecule has 0 saturated carbocycles. The molecule has 0 fully saturated rings. The Morgan fingerprint density at radius 3 is 2.24 bits per heavy atom. The van der Waals surface area contributed by atoms with Crippen molar-refractivity contribution in [1.82, 2.24) is 5.43 Å². The van der Waals surface area contributed by atoms with Crippen molar-refractivity contribution < 1.29 is 4.79 Å². The molecule has 2 aromatic rings. The predicted octanol–water partition coefficient (Wildman–Crippen LogP) is 3.79. The first kappa shape index (κ1) is 15.0. The molecular weight excluding hydrogens is 260 g/mol. The minimum absolute atomic E-state index is 0.179. The number of hydrogen-bond donors (Lipinski definition) is 1. The van der Waals surface area contributed by atoms with E-state index in [1.807, 2.05) is 55.5 Å². The average molecular weight is 280 g/mol. The highest BCUT2D eigenvalue weighted by molar-refractivity contribution is 6.03. The van der Waals surface area contributed by atoms with Crippen LogP contribution < -0.4 is 5.43 Å². The summed E-state index contributed by atoms with van der Waals surface area (Å²) in [6.45, 7) is 6.04. The van der Waals surface area contributed by atoms with E-state index in [0.717, 1.165) is 16.8 Å². The normalized spacial score (nSPS) is 11.5. The first-order valence-corrected chi connectivity index (χ1v) is 7.08. The second-order valence-electron chi connectivity index (χ2n) is 5.27. The standard InChI is InChI=1S/C18H20N2O/c1-13(2)17(15-10-5-4-6-11-15)19-20-18(21)16-12-8-7-9-14(16)3/h4-13H,1-3H3,(H,20,21)/b19-17-. The first-order chi connectivity index (χ1) is 10.1. The molecule has 0 aromatic heterocycles. The summed E-state index contributed by atoms with van der Waals surface area (Å²) in [6.07, 6.45) is 0. The third-order valence-corrected chi connectivity index (χ3v) is 3.28. The number of rotatable bonds is 4. The summed E-state index contributed by atoms with van der Waals surface area (Å²) in [4.78, 5) is 12.2. The van der Waals surface area contributed by atoms with E-state index in [9.17, 15) is 4.79 Å².